The fourth-order valence-corrected chi connectivity index (χ4v) is 3.22. The summed E-state index contributed by atoms with van der Waals surface area (Å²) >= 11 is 0. The minimum Gasteiger partial charge on any atom is -0.274 e. The first-order valence-corrected chi connectivity index (χ1v) is 7.47. The highest BCUT2D eigenvalue weighted by atomic mass is 14.9. The molecule has 100 valence electrons. The van der Waals surface area contributed by atoms with Crippen LogP contribution in [0.3, 0.4) is 0 Å². The van der Waals surface area contributed by atoms with Crippen molar-refractivity contribution in [2.24, 2.45) is 21.8 Å². The first-order chi connectivity index (χ1) is 8.79. The Morgan fingerprint density at radius 3 is 2.72 bits per heavy atom. The standard InChI is InChI=1S/C16H26N2/c1-13(17-2)18-12-14-9-10-15-7-5-3-4-6-8-16(15)11-14/h11-12,15-16H,3-10H2,1-2H3. The van der Waals surface area contributed by atoms with Crippen LogP contribution >= 0.6 is 0 Å². The van der Waals surface area contributed by atoms with Crippen LogP contribution in [0, 0.1) is 11.8 Å². The van der Waals surface area contributed by atoms with Crippen LogP contribution in [-0.4, -0.2) is 19.1 Å². The molecule has 0 radical (unpaired) electrons. The van der Waals surface area contributed by atoms with Gasteiger partial charge in [-0.1, -0.05) is 31.8 Å². The van der Waals surface area contributed by atoms with Gasteiger partial charge in [-0.25, -0.2) is 4.99 Å². The van der Waals surface area contributed by atoms with Crippen molar-refractivity contribution in [1.29, 1.82) is 0 Å². The normalized spacial score (nSPS) is 30.6. The number of hydrogen-bond acceptors (Lipinski definition) is 1. The maximum Gasteiger partial charge on any atom is 0.119 e. The van der Waals surface area contributed by atoms with E-state index in [0.29, 0.717) is 0 Å². The lowest BCUT2D eigenvalue weighted by Crippen LogP contribution is -2.20. The lowest BCUT2D eigenvalue weighted by Gasteiger charge is -2.31. The Labute approximate surface area is 111 Å². The van der Waals surface area contributed by atoms with Crippen LogP contribution in [0.1, 0.15) is 58.3 Å². The molecule has 1 saturated carbocycles. The first kappa shape index (κ1) is 13.5. The van der Waals surface area contributed by atoms with E-state index in [1.54, 1.807) is 7.05 Å². The Morgan fingerprint density at radius 2 is 1.94 bits per heavy atom. The van der Waals surface area contributed by atoms with Gasteiger partial charge in [0.15, 0.2) is 0 Å². The van der Waals surface area contributed by atoms with Crippen molar-refractivity contribution in [1.82, 2.24) is 0 Å². The van der Waals surface area contributed by atoms with Crippen molar-refractivity contribution >= 4 is 12.1 Å². The van der Waals surface area contributed by atoms with E-state index in [-0.39, 0.29) is 0 Å². The summed E-state index contributed by atoms with van der Waals surface area (Å²) in [6.07, 6.45) is 15.7. The molecule has 2 atom stereocenters. The van der Waals surface area contributed by atoms with E-state index in [1.807, 2.05) is 13.1 Å². The van der Waals surface area contributed by atoms with Crippen molar-refractivity contribution in [3.8, 4) is 0 Å². The molecule has 2 aliphatic carbocycles. The van der Waals surface area contributed by atoms with E-state index in [4.69, 9.17) is 0 Å². The molecule has 0 bridgehead atoms. The molecule has 2 heteroatoms. The Morgan fingerprint density at radius 1 is 1.17 bits per heavy atom. The van der Waals surface area contributed by atoms with Gasteiger partial charge >= 0.3 is 0 Å². The lowest BCUT2D eigenvalue weighted by atomic mass is 9.74. The van der Waals surface area contributed by atoms with Crippen LogP contribution in [0.4, 0.5) is 0 Å². The second kappa shape index (κ2) is 6.86. The average molecular weight is 246 g/mol. The van der Waals surface area contributed by atoms with Crippen molar-refractivity contribution < 1.29 is 0 Å². The van der Waals surface area contributed by atoms with Gasteiger partial charge in [-0.15, -0.1) is 0 Å². The number of fused-ring (bicyclic) bond motifs is 1. The molecule has 2 unspecified atom stereocenters. The van der Waals surface area contributed by atoms with Gasteiger partial charge in [0.2, 0.25) is 0 Å². The molecule has 0 aromatic rings. The highest BCUT2D eigenvalue weighted by molar-refractivity contribution is 5.93. The maximum absolute atomic E-state index is 4.40. The molecule has 2 aliphatic rings. The van der Waals surface area contributed by atoms with Crippen molar-refractivity contribution in [3.05, 3.63) is 11.6 Å². The first-order valence-electron chi connectivity index (χ1n) is 7.47. The monoisotopic (exact) mass is 246 g/mol. The summed E-state index contributed by atoms with van der Waals surface area (Å²) in [4.78, 5) is 8.48. The zero-order valence-electron chi connectivity index (χ0n) is 11.9. The predicted molar refractivity (Wildman–Crippen MR) is 79.5 cm³/mol. The van der Waals surface area contributed by atoms with Crippen LogP contribution in [0.15, 0.2) is 21.6 Å². The van der Waals surface area contributed by atoms with Crippen LogP contribution in [0.5, 0.6) is 0 Å². The minimum atomic E-state index is 0.819. The fraction of sp³-hybridized carbons (Fsp3) is 0.750. The van der Waals surface area contributed by atoms with E-state index in [9.17, 15) is 0 Å². The van der Waals surface area contributed by atoms with Crippen LogP contribution in [0.2, 0.25) is 0 Å². The van der Waals surface area contributed by atoms with Gasteiger partial charge in [-0.2, -0.15) is 0 Å². The summed E-state index contributed by atoms with van der Waals surface area (Å²) in [7, 11) is 1.80. The van der Waals surface area contributed by atoms with Gasteiger partial charge in [0.1, 0.15) is 5.84 Å². The van der Waals surface area contributed by atoms with Crippen LogP contribution in [0.25, 0.3) is 0 Å². The summed E-state index contributed by atoms with van der Waals surface area (Å²) in [5.74, 6) is 2.64. The Hall–Kier alpha value is -0.920. The van der Waals surface area contributed by atoms with Gasteiger partial charge in [-0.3, -0.25) is 4.99 Å². The van der Waals surface area contributed by atoms with E-state index in [1.165, 1.54) is 56.9 Å². The smallest absolute Gasteiger partial charge is 0.119 e. The number of amidine groups is 1. The summed E-state index contributed by atoms with van der Waals surface area (Å²) in [6, 6.07) is 0. The van der Waals surface area contributed by atoms with Gasteiger partial charge in [0.05, 0.1) is 0 Å². The summed E-state index contributed by atoms with van der Waals surface area (Å²) in [5.41, 5.74) is 1.43. The second-order valence-corrected chi connectivity index (χ2v) is 5.72. The second-order valence-electron chi connectivity index (χ2n) is 5.72. The fourth-order valence-electron chi connectivity index (χ4n) is 3.22. The van der Waals surface area contributed by atoms with Crippen molar-refractivity contribution in [3.63, 3.8) is 0 Å². The van der Waals surface area contributed by atoms with Gasteiger partial charge in [-0.05, 0) is 50.0 Å². The average Bonchev–Trinajstić information content (AvgIpc) is 2.37. The number of allylic oxidation sites excluding steroid dienone is 2. The van der Waals surface area contributed by atoms with Gasteiger partial charge in [0, 0.05) is 13.3 Å². The van der Waals surface area contributed by atoms with Crippen molar-refractivity contribution in [2.75, 3.05) is 7.05 Å². The predicted octanol–water partition coefficient (Wildman–Crippen LogP) is 4.41. The minimum absolute atomic E-state index is 0.819. The number of nitrogens with zero attached hydrogens (tertiary/aromatic N) is 2. The zero-order chi connectivity index (χ0) is 12.8. The quantitative estimate of drug-likeness (QED) is 0.483. The Bertz CT molecular complexity index is 352. The van der Waals surface area contributed by atoms with E-state index < -0.39 is 0 Å². The molecule has 2 nitrogen and oxygen atoms in total. The van der Waals surface area contributed by atoms with E-state index >= 15 is 0 Å². The van der Waals surface area contributed by atoms with Gasteiger partial charge < -0.3 is 0 Å². The summed E-state index contributed by atoms with van der Waals surface area (Å²) in [6.45, 7) is 1.96. The Kier molecular flexibility index (Phi) is 5.15. The van der Waals surface area contributed by atoms with Gasteiger partial charge in [0.25, 0.3) is 0 Å². The SMILES string of the molecule is CN=C(C)N=CC1=CC2CCCCCCC2CC1. The molecule has 0 N–H and O–H groups in total. The molecule has 0 aromatic carbocycles. The molecule has 2 rings (SSSR count). The third-order valence-corrected chi connectivity index (χ3v) is 4.44. The largest absolute Gasteiger partial charge is 0.274 e. The molecule has 0 saturated heterocycles. The molecule has 0 amide bonds. The molecule has 0 heterocycles. The number of aliphatic imine (C=N–C) groups is 2. The van der Waals surface area contributed by atoms with E-state index in [0.717, 1.165) is 17.7 Å². The third kappa shape index (κ3) is 3.79. The van der Waals surface area contributed by atoms with Crippen molar-refractivity contribution in [2.45, 2.75) is 58.3 Å². The zero-order valence-corrected chi connectivity index (χ0v) is 11.9. The molecule has 0 spiro atoms. The molecular formula is C16H26N2. The molecule has 0 aliphatic heterocycles. The lowest BCUT2D eigenvalue weighted by molar-refractivity contribution is 0.280. The highest BCUT2D eigenvalue weighted by Gasteiger charge is 2.24. The number of hydrogen-bond donors (Lipinski definition) is 0. The van der Waals surface area contributed by atoms with Crippen LogP contribution < -0.4 is 0 Å². The highest BCUT2D eigenvalue weighted by Crippen LogP contribution is 2.36. The molecule has 18 heavy (non-hydrogen) atoms. The Balaban J connectivity index is 2.01. The molecule has 0 aromatic heterocycles. The number of rotatable bonds is 1. The summed E-state index contributed by atoms with van der Waals surface area (Å²) < 4.78 is 0. The molecular weight excluding hydrogens is 220 g/mol. The van der Waals surface area contributed by atoms with Crippen LogP contribution in [-0.2, 0) is 0 Å². The maximum atomic E-state index is 4.40. The molecule has 1 fully saturated rings. The van der Waals surface area contributed by atoms with E-state index in [2.05, 4.69) is 16.1 Å². The summed E-state index contributed by atoms with van der Waals surface area (Å²) in [5, 5.41) is 0. The topological polar surface area (TPSA) is 24.7 Å². The third-order valence-electron chi connectivity index (χ3n) is 4.44.